The number of hydrazine groups is 1. The van der Waals surface area contributed by atoms with Gasteiger partial charge in [-0.25, -0.2) is 5.43 Å². The number of hydrogen-bond acceptors (Lipinski definition) is 4. The first-order valence-electron chi connectivity index (χ1n) is 6.50. The van der Waals surface area contributed by atoms with Crippen molar-refractivity contribution in [2.75, 3.05) is 0 Å². The zero-order valence-electron chi connectivity index (χ0n) is 11.2. The summed E-state index contributed by atoms with van der Waals surface area (Å²) in [5.41, 5.74) is 6.19. The van der Waals surface area contributed by atoms with Crippen LogP contribution in [0.4, 0.5) is 0 Å². The van der Waals surface area contributed by atoms with Crippen molar-refractivity contribution in [1.82, 2.24) is 15.4 Å². The van der Waals surface area contributed by atoms with Crippen molar-refractivity contribution in [2.45, 2.75) is 13.0 Å². The molecule has 4 heteroatoms. The van der Waals surface area contributed by atoms with E-state index in [1.54, 1.807) is 6.20 Å². The van der Waals surface area contributed by atoms with E-state index >= 15 is 0 Å². The van der Waals surface area contributed by atoms with Crippen LogP contribution < -0.4 is 11.3 Å². The third kappa shape index (κ3) is 2.27. The lowest BCUT2D eigenvalue weighted by molar-refractivity contribution is 0.638. The second-order valence-corrected chi connectivity index (χ2v) is 4.84. The van der Waals surface area contributed by atoms with Crippen molar-refractivity contribution in [3.05, 3.63) is 71.8 Å². The molecule has 1 aromatic carbocycles. The summed E-state index contributed by atoms with van der Waals surface area (Å²) < 4.78 is 0. The van der Waals surface area contributed by atoms with E-state index in [1.165, 1.54) is 0 Å². The number of benzene rings is 1. The minimum Gasteiger partial charge on any atom is -0.271 e. The molecule has 20 heavy (non-hydrogen) atoms. The van der Waals surface area contributed by atoms with Crippen molar-refractivity contribution < 1.29 is 0 Å². The molecule has 0 fully saturated rings. The molecule has 0 amide bonds. The third-order valence-electron chi connectivity index (χ3n) is 3.42. The Morgan fingerprint density at radius 2 is 2.00 bits per heavy atom. The molecule has 0 saturated heterocycles. The summed E-state index contributed by atoms with van der Waals surface area (Å²) in [7, 11) is 0. The van der Waals surface area contributed by atoms with E-state index in [1.807, 2.05) is 43.7 Å². The lowest BCUT2D eigenvalue weighted by atomic mass is 9.95. The third-order valence-corrected chi connectivity index (χ3v) is 3.42. The van der Waals surface area contributed by atoms with Gasteiger partial charge in [-0.3, -0.25) is 15.8 Å². The Balaban J connectivity index is 2.17. The molecule has 1 unspecified atom stereocenters. The summed E-state index contributed by atoms with van der Waals surface area (Å²) in [6.07, 6.45) is 7.34. The van der Waals surface area contributed by atoms with Crippen molar-refractivity contribution in [3.8, 4) is 0 Å². The van der Waals surface area contributed by atoms with Crippen LogP contribution in [-0.2, 0) is 0 Å². The monoisotopic (exact) mass is 264 g/mol. The highest BCUT2D eigenvalue weighted by molar-refractivity contribution is 5.85. The highest BCUT2D eigenvalue weighted by Crippen LogP contribution is 2.27. The Morgan fingerprint density at radius 3 is 2.80 bits per heavy atom. The minimum atomic E-state index is -0.0894. The molecule has 4 nitrogen and oxygen atoms in total. The average molecular weight is 264 g/mol. The maximum absolute atomic E-state index is 5.78. The van der Waals surface area contributed by atoms with Gasteiger partial charge < -0.3 is 0 Å². The van der Waals surface area contributed by atoms with E-state index in [0.717, 1.165) is 27.5 Å². The van der Waals surface area contributed by atoms with Crippen LogP contribution in [0.5, 0.6) is 0 Å². The molecule has 0 aliphatic carbocycles. The van der Waals surface area contributed by atoms with Gasteiger partial charge in [0.25, 0.3) is 0 Å². The van der Waals surface area contributed by atoms with E-state index in [9.17, 15) is 0 Å². The predicted molar refractivity (Wildman–Crippen MR) is 79.9 cm³/mol. The van der Waals surface area contributed by atoms with Gasteiger partial charge in [0.15, 0.2) is 0 Å². The quantitative estimate of drug-likeness (QED) is 0.563. The summed E-state index contributed by atoms with van der Waals surface area (Å²) in [5, 5.41) is 2.25. The zero-order chi connectivity index (χ0) is 13.9. The SMILES string of the molecule is Cc1cncc(C(NN)c2cccc3cnccc23)c1. The molecule has 0 radical (unpaired) electrons. The van der Waals surface area contributed by atoms with Crippen LogP contribution in [0.3, 0.4) is 0 Å². The number of nitrogens with zero attached hydrogens (tertiary/aromatic N) is 2. The molecule has 2 heterocycles. The fourth-order valence-corrected chi connectivity index (χ4v) is 2.50. The maximum atomic E-state index is 5.78. The number of rotatable bonds is 3. The zero-order valence-corrected chi connectivity index (χ0v) is 11.2. The van der Waals surface area contributed by atoms with E-state index in [4.69, 9.17) is 5.84 Å². The smallest absolute Gasteiger partial charge is 0.0731 e. The molecule has 0 bridgehead atoms. The Morgan fingerprint density at radius 1 is 1.10 bits per heavy atom. The number of fused-ring (bicyclic) bond motifs is 1. The van der Waals surface area contributed by atoms with Gasteiger partial charge in [0, 0.05) is 30.2 Å². The molecule has 3 N–H and O–H groups in total. The van der Waals surface area contributed by atoms with E-state index in [-0.39, 0.29) is 6.04 Å². The molecule has 0 aliphatic rings. The summed E-state index contributed by atoms with van der Waals surface area (Å²) in [4.78, 5) is 8.41. The molecule has 0 spiro atoms. The van der Waals surface area contributed by atoms with Gasteiger partial charge in [-0.15, -0.1) is 0 Å². The van der Waals surface area contributed by atoms with Gasteiger partial charge in [-0.1, -0.05) is 24.3 Å². The number of hydrogen-bond donors (Lipinski definition) is 2. The second-order valence-electron chi connectivity index (χ2n) is 4.84. The van der Waals surface area contributed by atoms with Crippen LogP contribution in [0, 0.1) is 6.92 Å². The van der Waals surface area contributed by atoms with Gasteiger partial charge in [0.1, 0.15) is 0 Å². The van der Waals surface area contributed by atoms with E-state index in [2.05, 4.69) is 27.5 Å². The lowest BCUT2D eigenvalue weighted by Crippen LogP contribution is -2.29. The van der Waals surface area contributed by atoms with Gasteiger partial charge >= 0.3 is 0 Å². The molecule has 0 saturated carbocycles. The Labute approximate surface area is 117 Å². The number of aromatic nitrogens is 2. The first-order valence-corrected chi connectivity index (χ1v) is 6.50. The fourth-order valence-electron chi connectivity index (χ4n) is 2.50. The van der Waals surface area contributed by atoms with Gasteiger partial charge in [-0.2, -0.15) is 0 Å². The summed E-state index contributed by atoms with van der Waals surface area (Å²) in [6.45, 7) is 2.02. The Bertz CT molecular complexity index is 734. The number of pyridine rings is 2. The molecule has 1 atom stereocenters. The Kier molecular flexibility index (Phi) is 3.41. The van der Waals surface area contributed by atoms with E-state index < -0.39 is 0 Å². The van der Waals surface area contributed by atoms with Crippen molar-refractivity contribution in [3.63, 3.8) is 0 Å². The number of nitrogens with two attached hydrogens (primary N) is 1. The summed E-state index contributed by atoms with van der Waals surface area (Å²) in [6, 6.07) is 10.2. The number of aryl methyl sites for hydroxylation is 1. The molecule has 3 aromatic rings. The molecular weight excluding hydrogens is 248 g/mol. The molecule has 100 valence electrons. The van der Waals surface area contributed by atoms with Gasteiger partial charge in [0.2, 0.25) is 0 Å². The van der Waals surface area contributed by atoms with Crippen LogP contribution >= 0.6 is 0 Å². The minimum absolute atomic E-state index is 0.0894. The summed E-state index contributed by atoms with van der Waals surface area (Å²) in [5.74, 6) is 5.78. The highest BCUT2D eigenvalue weighted by Gasteiger charge is 2.15. The highest BCUT2D eigenvalue weighted by atomic mass is 15.2. The van der Waals surface area contributed by atoms with Crippen LogP contribution in [0.25, 0.3) is 10.8 Å². The first kappa shape index (κ1) is 12.7. The van der Waals surface area contributed by atoms with Crippen molar-refractivity contribution >= 4 is 10.8 Å². The van der Waals surface area contributed by atoms with Crippen LogP contribution in [0.1, 0.15) is 22.7 Å². The molecule has 2 aromatic heterocycles. The molecule has 0 aliphatic heterocycles. The largest absolute Gasteiger partial charge is 0.271 e. The van der Waals surface area contributed by atoms with Crippen LogP contribution in [0.15, 0.2) is 55.1 Å². The van der Waals surface area contributed by atoms with Gasteiger partial charge in [0.05, 0.1) is 6.04 Å². The van der Waals surface area contributed by atoms with Crippen molar-refractivity contribution in [1.29, 1.82) is 0 Å². The van der Waals surface area contributed by atoms with Crippen LogP contribution in [-0.4, -0.2) is 9.97 Å². The second kappa shape index (κ2) is 5.36. The standard InChI is InChI=1S/C16H16N4/c1-11-7-13(10-19-8-11)16(20-17)15-4-2-3-12-9-18-6-5-14(12)15/h2-10,16,20H,17H2,1H3. The first-order chi connectivity index (χ1) is 9.79. The maximum Gasteiger partial charge on any atom is 0.0731 e. The molecular formula is C16H16N4. The lowest BCUT2D eigenvalue weighted by Gasteiger charge is -2.19. The van der Waals surface area contributed by atoms with Gasteiger partial charge in [-0.05, 0) is 35.1 Å². The predicted octanol–water partition coefficient (Wildman–Crippen LogP) is 2.49. The topological polar surface area (TPSA) is 63.8 Å². The van der Waals surface area contributed by atoms with Crippen LogP contribution in [0.2, 0.25) is 0 Å². The summed E-state index contributed by atoms with van der Waals surface area (Å²) >= 11 is 0. The fraction of sp³-hybridized carbons (Fsp3) is 0.125. The average Bonchev–Trinajstić information content (AvgIpc) is 2.48. The van der Waals surface area contributed by atoms with Crippen molar-refractivity contribution in [2.24, 2.45) is 5.84 Å². The Hall–Kier alpha value is -2.30. The number of nitrogens with one attached hydrogen (secondary N) is 1. The normalized spacial score (nSPS) is 12.5. The van der Waals surface area contributed by atoms with E-state index in [0.29, 0.717) is 0 Å². The molecule has 3 rings (SSSR count).